The van der Waals surface area contributed by atoms with Gasteiger partial charge < -0.3 is 4.74 Å². The van der Waals surface area contributed by atoms with Crippen molar-refractivity contribution in [1.82, 2.24) is 5.32 Å². The number of allylic oxidation sites excluding steroid dienone is 1. The molecule has 132 valence electrons. The smallest absolute Gasteiger partial charge is 0.310 e. The van der Waals surface area contributed by atoms with Crippen LogP contribution in [-0.2, 0) is 32.1 Å². The Morgan fingerprint density at radius 1 is 1.08 bits per heavy atom. The molecule has 1 aliphatic heterocycles. The maximum absolute atomic E-state index is 11.8. The lowest BCUT2D eigenvalue weighted by atomic mass is 10.0. The topological polar surface area (TPSA) is 72.5 Å². The lowest BCUT2D eigenvalue weighted by Gasteiger charge is -2.06. The molecular formula is C20H23NO4. The van der Waals surface area contributed by atoms with Crippen molar-refractivity contribution in [3.05, 3.63) is 59.7 Å². The Balaban J connectivity index is 1.71. The van der Waals surface area contributed by atoms with E-state index in [4.69, 9.17) is 4.74 Å². The molecule has 5 nitrogen and oxygen atoms in total. The molecule has 1 aromatic rings. The van der Waals surface area contributed by atoms with Crippen LogP contribution in [0.1, 0.15) is 43.2 Å². The summed E-state index contributed by atoms with van der Waals surface area (Å²) in [5.74, 6) is -1.55. The summed E-state index contributed by atoms with van der Waals surface area (Å²) in [6.45, 7) is 3.87. The fraction of sp³-hybridized carbons (Fsp3) is 0.350. The summed E-state index contributed by atoms with van der Waals surface area (Å²) in [6, 6.07) is 7.97. The van der Waals surface area contributed by atoms with Crippen molar-refractivity contribution >= 4 is 17.8 Å². The Kier molecular flexibility index (Phi) is 7.14. The number of hydrogen-bond donors (Lipinski definition) is 1. The van der Waals surface area contributed by atoms with Crippen molar-refractivity contribution in [3.63, 3.8) is 0 Å². The second-order valence-corrected chi connectivity index (χ2v) is 6.03. The SMILES string of the molecule is C=CCCCCCc1ccc(COC(=O)CC2=CC(=O)NC2=O)cc1. The number of benzene rings is 1. The highest BCUT2D eigenvalue weighted by molar-refractivity contribution is 6.17. The number of rotatable bonds is 10. The molecule has 1 heterocycles. The van der Waals surface area contributed by atoms with E-state index in [1.54, 1.807) is 0 Å². The summed E-state index contributed by atoms with van der Waals surface area (Å²) < 4.78 is 5.16. The van der Waals surface area contributed by atoms with E-state index in [9.17, 15) is 14.4 Å². The van der Waals surface area contributed by atoms with Crippen LogP contribution in [0.3, 0.4) is 0 Å². The third-order valence-corrected chi connectivity index (χ3v) is 3.96. The molecule has 1 N–H and O–H groups in total. The maximum Gasteiger partial charge on any atom is 0.310 e. The van der Waals surface area contributed by atoms with Crippen molar-refractivity contribution in [2.24, 2.45) is 0 Å². The number of nitrogens with one attached hydrogen (secondary N) is 1. The van der Waals surface area contributed by atoms with E-state index in [2.05, 4.69) is 11.9 Å². The molecule has 0 spiro atoms. The van der Waals surface area contributed by atoms with Crippen molar-refractivity contribution in [3.8, 4) is 0 Å². The van der Waals surface area contributed by atoms with Gasteiger partial charge in [0.25, 0.3) is 11.8 Å². The van der Waals surface area contributed by atoms with Crippen molar-refractivity contribution < 1.29 is 19.1 Å². The van der Waals surface area contributed by atoms with Gasteiger partial charge in [-0.15, -0.1) is 6.58 Å². The molecule has 0 saturated carbocycles. The highest BCUT2D eigenvalue weighted by Crippen LogP contribution is 2.12. The molecule has 25 heavy (non-hydrogen) atoms. The van der Waals surface area contributed by atoms with Gasteiger partial charge in [0, 0.05) is 11.6 Å². The van der Waals surface area contributed by atoms with E-state index in [0.29, 0.717) is 0 Å². The predicted octanol–water partition coefficient (Wildman–Crippen LogP) is 2.99. The molecule has 0 atom stereocenters. The number of esters is 1. The first-order chi connectivity index (χ1) is 12.1. The number of imide groups is 1. The first-order valence-electron chi connectivity index (χ1n) is 8.48. The molecule has 0 saturated heterocycles. The number of carbonyl (C=O) groups excluding carboxylic acids is 3. The largest absolute Gasteiger partial charge is 0.461 e. The van der Waals surface area contributed by atoms with Gasteiger partial charge in [-0.05, 0) is 36.8 Å². The molecule has 0 bridgehead atoms. The summed E-state index contributed by atoms with van der Waals surface area (Å²) in [7, 11) is 0. The predicted molar refractivity (Wildman–Crippen MR) is 94.5 cm³/mol. The van der Waals surface area contributed by atoms with Gasteiger partial charge in [-0.1, -0.05) is 36.8 Å². The van der Waals surface area contributed by atoms with Crippen molar-refractivity contribution in [1.29, 1.82) is 0 Å². The van der Waals surface area contributed by atoms with Gasteiger partial charge >= 0.3 is 5.97 Å². The summed E-state index contributed by atoms with van der Waals surface area (Å²) in [4.78, 5) is 34.1. The van der Waals surface area contributed by atoms with Crippen LogP contribution in [0.15, 0.2) is 48.6 Å². The number of unbranched alkanes of at least 4 members (excludes halogenated alkanes) is 3. The normalized spacial score (nSPS) is 13.4. The van der Waals surface area contributed by atoms with Crippen LogP contribution in [0.2, 0.25) is 0 Å². The Bertz CT molecular complexity index is 673. The third kappa shape index (κ3) is 6.37. The van der Waals surface area contributed by atoms with E-state index in [-0.39, 0.29) is 18.6 Å². The number of amides is 2. The highest BCUT2D eigenvalue weighted by Gasteiger charge is 2.23. The minimum atomic E-state index is -0.528. The Morgan fingerprint density at radius 2 is 1.80 bits per heavy atom. The molecule has 2 rings (SSSR count). The monoisotopic (exact) mass is 341 g/mol. The van der Waals surface area contributed by atoms with E-state index >= 15 is 0 Å². The van der Waals surface area contributed by atoms with Crippen molar-refractivity contribution in [2.75, 3.05) is 0 Å². The van der Waals surface area contributed by atoms with Crippen LogP contribution >= 0.6 is 0 Å². The molecule has 0 fully saturated rings. The molecule has 0 unspecified atom stereocenters. The minimum Gasteiger partial charge on any atom is -0.461 e. The van der Waals surface area contributed by atoms with Crippen LogP contribution < -0.4 is 5.32 Å². The zero-order valence-corrected chi connectivity index (χ0v) is 14.3. The molecular weight excluding hydrogens is 318 g/mol. The summed E-state index contributed by atoms with van der Waals surface area (Å²) >= 11 is 0. The van der Waals surface area contributed by atoms with Crippen LogP contribution in [0, 0.1) is 0 Å². The molecule has 1 aliphatic rings. The van der Waals surface area contributed by atoms with Crippen LogP contribution in [0.25, 0.3) is 0 Å². The van der Waals surface area contributed by atoms with Crippen molar-refractivity contribution in [2.45, 2.75) is 45.1 Å². The van der Waals surface area contributed by atoms with Gasteiger partial charge in [-0.25, -0.2) is 0 Å². The van der Waals surface area contributed by atoms with E-state index in [1.807, 2.05) is 30.3 Å². The molecule has 5 heteroatoms. The Labute approximate surface area is 147 Å². The van der Waals surface area contributed by atoms with Gasteiger partial charge in [0.1, 0.15) is 6.61 Å². The van der Waals surface area contributed by atoms with Gasteiger partial charge in [0.2, 0.25) is 0 Å². The van der Waals surface area contributed by atoms with E-state index < -0.39 is 17.8 Å². The lowest BCUT2D eigenvalue weighted by Crippen LogP contribution is -2.23. The molecule has 2 amide bonds. The summed E-state index contributed by atoms with van der Waals surface area (Å²) in [5, 5.41) is 2.10. The second-order valence-electron chi connectivity index (χ2n) is 6.03. The second kappa shape index (κ2) is 9.57. The fourth-order valence-corrected chi connectivity index (χ4v) is 2.55. The molecule has 0 aliphatic carbocycles. The van der Waals surface area contributed by atoms with Gasteiger partial charge in [0.05, 0.1) is 6.42 Å². The third-order valence-electron chi connectivity index (χ3n) is 3.96. The lowest BCUT2D eigenvalue weighted by molar-refractivity contribution is -0.144. The molecule has 1 aromatic carbocycles. The first-order valence-corrected chi connectivity index (χ1v) is 8.48. The molecule has 0 radical (unpaired) electrons. The van der Waals surface area contributed by atoms with E-state index in [1.165, 1.54) is 18.4 Å². The average Bonchev–Trinajstić information content (AvgIpc) is 2.91. The highest BCUT2D eigenvalue weighted by atomic mass is 16.5. The minimum absolute atomic E-state index is 0.141. The van der Waals surface area contributed by atoms with Crippen LogP contribution in [0.5, 0.6) is 0 Å². The standard InChI is InChI=1S/C20H23NO4/c1-2-3-4-5-6-7-15-8-10-16(11-9-15)14-25-19(23)13-17-12-18(22)21-20(17)24/h2,8-12H,1,3-7,13-14H2,(H,21,22,24). The summed E-state index contributed by atoms with van der Waals surface area (Å²) in [5.41, 5.74) is 2.30. The van der Waals surface area contributed by atoms with Gasteiger partial charge in [0.15, 0.2) is 0 Å². The average molecular weight is 341 g/mol. The number of hydrogen-bond acceptors (Lipinski definition) is 4. The fourth-order valence-electron chi connectivity index (χ4n) is 2.55. The maximum atomic E-state index is 11.8. The zero-order valence-electron chi connectivity index (χ0n) is 14.3. The first kappa shape index (κ1) is 18.6. The summed E-state index contributed by atoms with van der Waals surface area (Å²) in [6.07, 6.45) is 8.51. The molecule has 0 aromatic heterocycles. The van der Waals surface area contributed by atoms with E-state index in [0.717, 1.165) is 30.9 Å². The van der Waals surface area contributed by atoms with Crippen LogP contribution in [0.4, 0.5) is 0 Å². The van der Waals surface area contributed by atoms with Gasteiger partial charge in [-0.2, -0.15) is 0 Å². The quantitative estimate of drug-likeness (QED) is 0.307. The number of ether oxygens (including phenoxy) is 1. The number of carbonyl (C=O) groups is 3. The zero-order chi connectivity index (χ0) is 18.1. The Hall–Kier alpha value is -2.69. The van der Waals surface area contributed by atoms with Gasteiger partial charge in [-0.3, -0.25) is 19.7 Å². The Morgan fingerprint density at radius 3 is 2.44 bits per heavy atom. The number of aryl methyl sites for hydroxylation is 1. The van der Waals surface area contributed by atoms with Crippen LogP contribution in [-0.4, -0.2) is 17.8 Å².